The third kappa shape index (κ3) is 4.37. The van der Waals surface area contributed by atoms with Gasteiger partial charge in [-0.1, -0.05) is 24.3 Å². The highest BCUT2D eigenvalue weighted by atomic mass is 16.7. The molecule has 4 aromatic rings. The van der Waals surface area contributed by atoms with Crippen molar-refractivity contribution in [3.8, 4) is 28.7 Å². The number of nitrogens with zero attached hydrogens (tertiary/aromatic N) is 1. The molecule has 0 radical (unpaired) electrons. The fourth-order valence-electron chi connectivity index (χ4n) is 5.58. The van der Waals surface area contributed by atoms with Gasteiger partial charge in [0.05, 0.1) is 32.8 Å². The van der Waals surface area contributed by atoms with E-state index in [0.29, 0.717) is 53.6 Å². The molecule has 1 unspecified atom stereocenters. The van der Waals surface area contributed by atoms with Gasteiger partial charge in [-0.2, -0.15) is 0 Å². The number of rotatable bonds is 7. The van der Waals surface area contributed by atoms with Gasteiger partial charge in [0.1, 0.15) is 6.61 Å². The number of esters is 1. The van der Waals surface area contributed by atoms with E-state index in [9.17, 15) is 9.59 Å². The normalized spacial score (nSPS) is 15.4. The van der Waals surface area contributed by atoms with E-state index >= 15 is 0 Å². The van der Waals surface area contributed by atoms with Gasteiger partial charge >= 0.3 is 5.97 Å². The summed E-state index contributed by atoms with van der Waals surface area (Å²) in [6.07, 6.45) is 1.63. The van der Waals surface area contributed by atoms with Gasteiger partial charge in [0, 0.05) is 16.6 Å². The Morgan fingerprint density at radius 3 is 2.42 bits per heavy atom. The van der Waals surface area contributed by atoms with Gasteiger partial charge < -0.3 is 28.4 Å². The van der Waals surface area contributed by atoms with Gasteiger partial charge in [-0.25, -0.2) is 0 Å². The molecule has 2 heterocycles. The second-order valence-corrected chi connectivity index (χ2v) is 9.73. The number of ether oxygens (including phenoxy) is 6. The Morgan fingerprint density at radius 2 is 1.68 bits per heavy atom. The van der Waals surface area contributed by atoms with Crippen LogP contribution in [0, 0.1) is 5.92 Å². The topological polar surface area (TPSA) is 94.5 Å². The van der Waals surface area contributed by atoms with E-state index in [0.717, 1.165) is 27.7 Å². The summed E-state index contributed by atoms with van der Waals surface area (Å²) in [5.41, 5.74) is 3.93. The maximum atomic E-state index is 14.0. The molecule has 0 spiro atoms. The van der Waals surface area contributed by atoms with Crippen LogP contribution < -0.4 is 23.7 Å². The average Bonchev–Trinajstić information content (AvgIpc) is 3.60. The maximum absolute atomic E-state index is 14.0. The first kappa shape index (κ1) is 25.6. The van der Waals surface area contributed by atoms with Crippen LogP contribution >= 0.6 is 0 Å². The number of hydrogen-bond acceptors (Lipinski definition) is 8. The van der Waals surface area contributed by atoms with Gasteiger partial charge in [0.2, 0.25) is 12.5 Å². The second-order valence-electron chi connectivity index (χ2n) is 9.73. The highest BCUT2D eigenvalue weighted by molar-refractivity contribution is 6.05. The SMILES string of the molecule is COc1cc(C(=O)n2c3c(c4ccccc42)CC(C(=O)OCc2ccc4c(c2)OCO4)CC3)cc(OC)c1OC. The molecule has 9 nitrogen and oxygen atoms in total. The van der Waals surface area contributed by atoms with Crippen LogP contribution in [-0.4, -0.2) is 44.6 Å². The maximum Gasteiger partial charge on any atom is 0.309 e. The van der Waals surface area contributed by atoms with E-state index in [4.69, 9.17) is 28.4 Å². The number of para-hydroxylation sites is 1. The zero-order chi connectivity index (χ0) is 27.8. The first-order chi connectivity index (χ1) is 19.5. The van der Waals surface area contributed by atoms with Crippen molar-refractivity contribution in [2.45, 2.75) is 25.9 Å². The standard InChI is InChI=1S/C31H29NO8/c1-35-27-14-20(15-28(36-2)29(27)37-3)30(33)32-23-7-5-4-6-21(23)22-13-19(9-10-24(22)32)31(34)38-16-18-8-11-25-26(12-18)40-17-39-25/h4-8,11-12,14-15,19H,9-10,13,16-17H2,1-3H3. The zero-order valence-electron chi connectivity index (χ0n) is 22.5. The van der Waals surface area contributed by atoms with Gasteiger partial charge in [0.15, 0.2) is 23.0 Å². The lowest BCUT2D eigenvalue weighted by Gasteiger charge is -2.23. The summed E-state index contributed by atoms with van der Waals surface area (Å²) in [7, 11) is 4.56. The van der Waals surface area contributed by atoms with Gasteiger partial charge in [-0.05, 0) is 60.7 Å². The fourth-order valence-corrected chi connectivity index (χ4v) is 5.58. The minimum absolute atomic E-state index is 0.153. The predicted molar refractivity (Wildman–Crippen MR) is 146 cm³/mol. The summed E-state index contributed by atoms with van der Waals surface area (Å²) in [5.74, 6) is 1.80. The van der Waals surface area contributed by atoms with Gasteiger partial charge in [-0.15, -0.1) is 0 Å². The molecular formula is C31H29NO8. The number of hydrogen-bond donors (Lipinski definition) is 0. The molecule has 3 aromatic carbocycles. The third-order valence-corrected chi connectivity index (χ3v) is 7.53. The van der Waals surface area contributed by atoms with Crippen molar-refractivity contribution in [1.82, 2.24) is 4.57 Å². The largest absolute Gasteiger partial charge is 0.493 e. The number of carbonyl (C=O) groups excluding carboxylic acids is 2. The molecule has 0 N–H and O–H groups in total. The number of benzene rings is 3. The molecule has 206 valence electrons. The molecule has 0 saturated carbocycles. The van der Waals surface area contributed by atoms with E-state index in [1.165, 1.54) is 21.3 Å². The molecule has 0 bridgehead atoms. The van der Waals surface area contributed by atoms with Crippen molar-refractivity contribution < 1.29 is 38.0 Å². The Labute approximate surface area is 231 Å². The summed E-state index contributed by atoms with van der Waals surface area (Å²) >= 11 is 0. The molecule has 40 heavy (non-hydrogen) atoms. The first-order valence-electron chi connectivity index (χ1n) is 13.0. The Balaban J connectivity index is 1.28. The number of methoxy groups -OCH3 is 3. The lowest BCUT2D eigenvalue weighted by atomic mass is 9.86. The van der Waals surface area contributed by atoms with Crippen LogP contribution in [0.2, 0.25) is 0 Å². The van der Waals surface area contributed by atoms with Crippen molar-refractivity contribution in [2.75, 3.05) is 28.1 Å². The Morgan fingerprint density at radius 1 is 0.925 bits per heavy atom. The molecule has 9 heteroatoms. The number of fused-ring (bicyclic) bond motifs is 4. The van der Waals surface area contributed by atoms with Gasteiger partial charge in [-0.3, -0.25) is 14.2 Å². The minimum atomic E-state index is -0.308. The Kier molecular flexibility index (Phi) is 6.71. The quantitative estimate of drug-likeness (QED) is 0.303. The first-order valence-corrected chi connectivity index (χ1v) is 13.0. The van der Waals surface area contributed by atoms with Crippen molar-refractivity contribution in [3.63, 3.8) is 0 Å². The van der Waals surface area contributed by atoms with Crippen LogP contribution in [0.1, 0.15) is 33.6 Å². The molecule has 1 aromatic heterocycles. The van der Waals surface area contributed by atoms with Crippen LogP contribution in [-0.2, 0) is 29.0 Å². The molecule has 1 aliphatic carbocycles. The fraction of sp³-hybridized carbons (Fsp3) is 0.290. The van der Waals surface area contributed by atoms with Crippen LogP contribution in [0.4, 0.5) is 0 Å². The smallest absolute Gasteiger partial charge is 0.309 e. The molecule has 0 fully saturated rings. The number of aromatic nitrogens is 1. The van der Waals surface area contributed by atoms with Crippen LogP contribution in [0.5, 0.6) is 28.7 Å². The molecule has 1 atom stereocenters. The summed E-state index contributed by atoms with van der Waals surface area (Å²) in [6, 6.07) is 16.6. The molecule has 2 aliphatic rings. The highest BCUT2D eigenvalue weighted by Gasteiger charge is 2.32. The predicted octanol–water partition coefficient (Wildman–Crippen LogP) is 4.93. The molecule has 0 amide bonds. The summed E-state index contributed by atoms with van der Waals surface area (Å²) in [5, 5.41) is 0.951. The minimum Gasteiger partial charge on any atom is -0.493 e. The molecule has 0 saturated heterocycles. The van der Waals surface area contributed by atoms with Crippen LogP contribution in [0.25, 0.3) is 10.9 Å². The summed E-state index contributed by atoms with van der Waals surface area (Å²) in [6.45, 7) is 0.346. The second kappa shape index (κ2) is 10.5. The van der Waals surface area contributed by atoms with E-state index in [1.807, 2.05) is 42.5 Å². The highest BCUT2D eigenvalue weighted by Crippen LogP contribution is 2.40. The van der Waals surface area contributed by atoms with Crippen LogP contribution in [0.15, 0.2) is 54.6 Å². The summed E-state index contributed by atoms with van der Waals surface area (Å²) in [4.78, 5) is 27.1. The van der Waals surface area contributed by atoms with Gasteiger partial charge in [0.25, 0.3) is 5.91 Å². The average molecular weight is 544 g/mol. The van der Waals surface area contributed by atoms with Crippen molar-refractivity contribution in [1.29, 1.82) is 0 Å². The van der Waals surface area contributed by atoms with E-state index in [1.54, 1.807) is 16.7 Å². The monoisotopic (exact) mass is 543 g/mol. The van der Waals surface area contributed by atoms with E-state index in [-0.39, 0.29) is 31.2 Å². The zero-order valence-corrected chi connectivity index (χ0v) is 22.5. The third-order valence-electron chi connectivity index (χ3n) is 7.53. The summed E-state index contributed by atoms with van der Waals surface area (Å²) < 4.78 is 34.6. The number of carbonyl (C=O) groups is 2. The molecule has 1 aliphatic heterocycles. The molecular weight excluding hydrogens is 514 g/mol. The Hall–Kier alpha value is -4.66. The van der Waals surface area contributed by atoms with Crippen molar-refractivity contribution in [2.24, 2.45) is 5.92 Å². The van der Waals surface area contributed by atoms with Crippen molar-refractivity contribution >= 4 is 22.8 Å². The molecule has 6 rings (SSSR count). The Bertz CT molecular complexity index is 1600. The van der Waals surface area contributed by atoms with E-state index in [2.05, 4.69) is 0 Å². The lowest BCUT2D eigenvalue weighted by molar-refractivity contribution is -0.150. The van der Waals surface area contributed by atoms with Crippen molar-refractivity contribution in [3.05, 3.63) is 77.0 Å². The van der Waals surface area contributed by atoms with Crippen LogP contribution in [0.3, 0.4) is 0 Å². The van der Waals surface area contributed by atoms with E-state index < -0.39 is 0 Å². The lowest BCUT2D eigenvalue weighted by Crippen LogP contribution is -2.26.